The van der Waals surface area contributed by atoms with Gasteiger partial charge in [0.2, 0.25) is 11.8 Å². The molecule has 0 heterocycles. The van der Waals surface area contributed by atoms with Gasteiger partial charge in [0.25, 0.3) is 0 Å². The second-order valence-electron chi connectivity index (χ2n) is 8.51. The van der Waals surface area contributed by atoms with E-state index in [0.29, 0.717) is 6.61 Å². The molecule has 0 aromatic heterocycles. The number of rotatable bonds is 8. The van der Waals surface area contributed by atoms with Crippen LogP contribution in [0.3, 0.4) is 0 Å². The first-order valence-electron chi connectivity index (χ1n) is 9.45. The van der Waals surface area contributed by atoms with Gasteiger partial charge in [-0.15, -0.1) is 0 Å². The zero-order valence-corrected chi connectivity index (χ0v) is 17.7. The Balaban J connectivity index is 2.68. The van der Waals surface area contributed by atoms with Gasteiger partial charge in [0.15, 0.2) is 0 Å². The molecule has 6 heteroatoms. The highest BCUT2D eigenvalue weighted by atomic mass is 16.5. The van der Waals surface area contributed by atoms with Gasteiger partial charge in [0.1, 0.15) is 12.4 Å². The van der Waals surface area contributed by atoms with E-state index in [1.54, 1.807) is 0 Å². The molecule has 1 rings (SSSR count). The van der Waals surface area contributed by atoms with Crippen LogP contribution in [-0.4, -0.2) is 37.0 Å². The van der Waals surface area contributed by atoms with Gasteiger partial charge in [-0.2, -0.15) is 0 Å². The first-order chi connectivity index (χ1) is 12.4. The Morgan fingerprint density at radius 2 is 1.70 bits per heavy atom. The molecule has 1 unspecified atom stereocenters. The van der Waals surface area contributed by atoms with Crippen molar-refractivity contribution in [1.29, 1.82) is 0 Å². The Labute approximate surface area is 163 Å². The predicted octanol–water partition coefficient (Wildman–Crippen LogP) is 2.31. The van der Waals surface area contributed by atoms with Crippen LogP contribution >= 0.6 is 0 Å². The standard InChI is InChI=1S/C21H35N3O3/c1-13(2)18(22)20(26)23-11-17(25)24-16(21(5,6)7)12-27-19-14(3)9-8-10-15(19)4/h8-10,13,16,18H,11-12,22H2,1-7H3,(H,23,26)(H,24,25)/t16?,18-/m0/s1. The van der Waals surface area contributed by atoms with E-state index in [4.69, 9.17) is 10.5 Å². The van der Waals surface area contributed by atoms with Crippen LogP contribution in [0.4, 0.5) is 0 Å². The minimum Gasteiger partial charge on any atom is -0.491 e. The predicted molar refractivity (Wildman–Crippen MR) is 109 cm³/mol. The van der Waals surface area contributed by atoms with Crippen LogP contribution in [0.25, 0.3) is 0 Å². The Bertz CT molecular complexity index is 630. The average Bonchev–Trinajstić information content (AvgIpc) is 2.56. The summed E-state index contributed by atoms with van der Waals surface area (Å²) in [5.41, 5.74) is 7.71. The minimum absolute atomic E-state index is 0.0149. The number of carbonyl (C=O) groups is 2. The smallest absolute Gasteiger partial charge is 0.239 e. The van der Waals surface area contributed by atoms with Crippen LogP contribution in [0.15, 0.2) is 18.2 Å². The third kappa shape index (κ3) is 7.21. The Hall–Kier alpha value is -2.08. The highest BCUT2D eigenvalue weighted by molar-refractivity contribution is 5.87. The zero-order valence-electron chi connectivity index (χ0n) is 17.7. The highest BCUT2D eigenvalue weighted by Gasteiger charge is 2.28. The summed E-state index contributed by atoms with van der Waals surface area (Å²) in [7, 11) is 0. The molecule has 0 saturated carbocycles. The summed E-state index contributed by atoms with van der Waals surface area (Å²) in [5, 5.41) is 5.57. The normalized spacial score (nSPS) is 13.8. The van der Waals surface area contributed by atoms with Crippen molar-refractivity contribution in [3.63, 3.8) is 0 Å². The number of para-hydroxylation sites is 1. The summed E-state index contributed by atoms with van der Waals surface area (Å²) in [6.45, 7) is 14.1. The number of amides is 2. The van der Waals surface area contributed by atoms with Crippen molar-refractivity contribution in [3.05, 3.63) is 29.3 Å². The number of nitrogens with one attached hydrogen (secondary N) is 2. The van der Waals surface area contributed by atoms with Gasteiger partial charge in [-0.3, -0.25) is 9.59 Å². The molecule has 0 radical (unpaired) electrons. The molecule has 0 aliphatic rings. The third-order valence-corrected chi connectivity index (χ3v) is 4.63. The van der Waals surface area contributed by atoms with Gasteiger partial charge in [0.05, 0.1) is 18.6 Å². The van der Waals surface area contributed by atoms with E-state index in [2.05, 4.69) is 10.6 Å². The summed E-state index contributed by atoms with van der Waals surface area (Å²) in [6.07, 6.45) is 0. The summed E-state index contributed by atoms with van der Waals surface area (Å²) >= 11 is 0. The van der Waals surface area contributed by atoms with Gasteiger partial charge in [0, 0.05) is 0 Å². The maximum atomic E-state index is 12.3. The van der Waals surface area contributed by atoms with Crippen LogP contribution in [-0.2, 0) is 9.59 Å². The maximum absolute atomic E-state index is 12.3. The molecule has 4 N–H and O–H groups in total. The summed E-state index contributed by atoms with van der Waals surface area (Å²) in [4.78, 5) is 24.2. The Morgan fingerprint density at radius 3 is 2.19 bits per heavy atom. The lowest BCUT2D eigenvalue weighted by Gasteiger charge is -2.32. The number of hydrogen-bond donors (Lipinski definition) is 3. The van der Waals surface area contributed by atoms with Gasteiger partial charge < -0.3 is 21.1 Å². The number of ether oxygens (including phenoxy) is 1. The number of nitrogens with two attached hydrogens (primary N) is 1. The molecule has 0 bridgehead atoms. The zero-order chi connectivity index (χ0) is 20.8. The first-order valence-corrected chi connectivity index (χ1v) is 9.45. The SMILES string of the molecule is Cc1cccc(C)c1OCC(NC(=O)CNC(=O)[C@@H](N)C(C)C)C(C)(C)C. The quantitative estimate of drug-likeness (QED) is 0.648. The van der Waals surface area contributed by atoms with Crippen molar-refractivity contribution in [2.75, 3.05) is 13.2 Å². The molecule has 0 aliphatic carbocycles. The molecular weight excluding hydrogens is 342 g/mol. The fraction of sp³-hybridized carbons (Fsp3) is 0.619. The maximum Gasteiger partial charge on any atom is 0.239 e. The number of benzene rings is 1. The monoisotopic (exact) mass is 377 g/mol. The lowest BCUT2D eigenvalue weighted by atomic mass is 9.87. The van der Waals surface area contributed by atoms with Crippen LogP contribution in [0, 0.1) is 25.2 Å². The van der Waals surface area contributed by atoms with E-state index < -0.39 is 6.04 Å². The van der Waals surface area contributed by atoms with Crippen molar-refractivity contribution in [2.45, 2.75) is 60.5 Å². The molecular formula is C21H35N3O3. The lowest BCUT2D eigenvalue weighted by Crippen LogP contribution is -2.52. The molecule has 2 atom stereocenters. The number of aryl methyl sites for hydroxylation is 2. The van der Waals surface area contributed by atoms with Gasteiger partial charge in [-0.1, -0.05) is 52.8 Å². The molecule has 152 valence electrons. The van der Waals surface area contributed by atoms with Gasteiger partial charge in [-0.25, -0.2) is 0 Å². The highest BCUT2D eigenvalue weighted by Crippen LogP contribution is 2.25. The average molecular weight is 378 g/mol. The summed E-state index contributed by atoms with van der Waals surface area (Å²) in [6, 6.07) is 5.16. The van der Waals surface area contributed by atoms with Crippen molar-refractivity contribution in [3.8, 4) is 5.75 Å². The van der Waals surface area contributed by atoms with E-state index in [-0.39, 0.29) is 35.7 Å². The van der Waals surface area contributed by atoms with Crippen molar-refractivity contribution < 1.29 is 14.3 Å². The molecule has 0 saturated heterocycles. The molecule has 0 spiro atoms. The van der Waals surface area contributed by atoms with E-state index >= 15 is 0 Å². The molecule has 0 aliphatic heterocycles. The van der Waals surface area contributed by atoms with E-state index in [9.17, 15) is 9.59 Å². The second kappa shape index (κ2) is 9.74. The molecule has 27 heavy (non-hydrogen) atoms. The first kappa shape index (κ1) is 23.0. The largest absolute Gasteiger partial charge is 0.491 e. The summed E-state index contributed by atoms with van der Waals surface area (Å²) < 4.78 is 6.03. The van der Waals surface area contributed by atoms with E-state index in [1.807, 2.05) is 66.7 Å². The Kier molecular flexibility index (Phi) is 8.28. The van der Waals surface area contributed by atoms with Crippen LogP contribution < -0.4 is 21.1 Å². The van der Waals surface area contributed by atoms with Gasteiger partial charge >= 0.3 is 0 Å². The fourth-order valence-electron chi connectivity index (χ4n) is 2.54. The third-order valence-electron chi connectivity index (χ3n) is 4.63. The fourth-order valence-corrected chi connectivity index (χ4v) is 2.54. The minimum atomic E-state index is -0.622. The van der Waals surface area contributed by atoms with Crippen LogP contribution in [0.5, 0.6) is 5.75 Å². The van der Waals surface area contributed by atoms with Crippen LogP contribution in [0.1, 0.15) is 45.7 Å². The van der Waals surface area contributed by atoms with Gasteiger partial charge in [-0.05, 0) is 36.3 Å². The molecule has 0 fully saturated rings. The molecule has 1 aromatic rings. The molecule has 2 amide bonds. The summed E-state index contributed by atoms with van der Waals surface area (Å²) in [5.74, 6) is 0.280. The second-order valence-corrected chi connectivity index (χ2v) is 8.51. The van der Waals surface area contributed by atoms with E-state index in [0.717, 1.165) is 16.9 Å². The van der Waals surface area contributed by atoms with Crippen molar-refractivity contribution in [2.24, 2.45) is 17.1 Å². The van der Waals surface area contributed by atoms with E-state index in [1.165, 1.54) is 0 Å². The van der Waals surface area contributed by atoms with Crippen molar-refractivity contribution in [1.82, 2.24) is 10.6 Å². The molecule has 6 nitrogen and oxygen atoms in total. The number of carbonyl (C=O) groups excluding carboxylic acids is 2. The molecule has 1 aromatic carbocycles. The Morgan fingerprint density at radius 1 is 1.15 bits per heavy atom. The number of hydrogen-bond acceptors (Lipinski definition) is 4. The topological polar surface area (TPSA) is 93.5 Å². The lowest BCUT2D eigenvalue weighted by molar-refractivity contribution is -0.128. The van der Waals surface area contributed by atoms with Crippen molar-refractivity contribution >= 4 is 11.8 Å². The van der Waals surface area contributed by atoms with Crippen LogP contribution in [0.2, 0.25) is 0 Å².